The highest BCUT2D eigenvalue weighted by Gasteiger charge is 2.41. The number of carbonyl (C=O) groups is 2. The van der Waals surface area contributed by atoms with E-state index in [-0.39, 0.29) is 31.8 Å². The van der Waals surface area contributed by atoms with Crippen LogP contribution in [0, 0.1) is 0 Å². The van der Waals surface area contributed by atoms with Gasteiger partial charge >= 0.3 is 11.9 Å². The second-order valence-electron chi connectivity index (χ2n) is 16.0. The summed E-state index contributed by atoms with van der Waals surface area (Å²) in [5, 5.41) is 46.4. The molecular weight excluding hydrogens is 700 g/mol. The van der Waals surface area contributed by atoms with Gasteiger partial charge in [-0.3, -0.25) is 9.59 Å². The fraction of sp³-hybridized carbons (Fsp3) is 0.956. The third-order valence-corrected chi connectivity index (χ3v) is 10.6. The van der Waals surface area contributed by atoms with E-state index >= 15 is 0 Å². The molecule has 0 aliphatic carbocycles. The van der Waals surface area contributed by atoms with Crippen LogP contribution in [0.2, 0.25) is 0 Å². The van der Waals surface area contributed by atoms with Crippen LogP contribution in [-0.4, -0.2) is 94.4 Å². The molecule has 0 amide bonds. The largest absolute Gasteiger partial charge is 0.463 e. The van der Waals surface area contributed by atoms with E-state index in [2.05, 4.69) is 13.8 Å². The highest BCUT2D eigenvalue weighted by atomic mass is 16.6. The Balaban J connectivity index is 0.00000108. The molecule has 0 aromatic heterocycles. The molecule has 1 rings (SSSR count). The number of carbonyl (C=O) groups excluding carboxylic acids is 2. The second kappa shape index (κ2) is 40.9. The van der Waals surface area contributed by atoms with E-state index in [1.165, 1.54) is 161 Å². The first kappa shape index (κ1) is 53.7. The van der Waals surface area contributed by atoms with E-state index in [1.54, 1.807) is 0 Å². The Labute approximate surface area is 336 Å². The molecule has 1 heterocycles. The van der Waals surface area contributed by atoms with E-state index in [9.17, 15) is 24.9 Å². The standard InChI is InChI=1S/C24H46O6.C21H42O4/c1-2-3-4-5-6-7-8-9-10-11-12-13-14-15-16-17-22(27)30-21(18-25)24-23(28)20(26)19-29-24;1-2-3-4-5-6-7-8-9-10-11-12-13-14-15-16-17-21(24)25-19-20(23)18-22/h20-21,23-26,28H,2-19H2,1H3;20,22-23H,2-19H2,1H3/t20-,21+,23+,24+;/m0./s1. The molecular formula is C45H88O10. The van der Waals surface area contributed by atoms with Crippen LogP contribution in [0.3, 0.4) is 0 Å². The van der Waals surface area contributed by atoms with Crippen LogP contribution in [0.15, 0.2) is 0 Å². The molecule has 0 saturated carbocycles. The third-order valence-electron chi connectivity index (χ3n) is 10.6. The predicted octanol–water partition coefficient (Wildman–Crippen LogP) is 9.42. The van der Waals surface area contributed by atoms with Gasteiger partial charge in [0.1, 0.15) is 31.0 Å². The minimum atomic E-state index is -1.14. The molecule has 1 saturated heterocycles. The van der Waals surface area contributed by atoms with Crippen molar-refractivity contribution in [1.29, 1.82) is 0 Å². The summed E-state index contributed by atoms with van der Waals surface area (Å²) in [6, 6.07) is 0. The number of aliphatic hydroxyl groups excluding tert-OH is 5. The van der Waals surface area contributed by atoms with Gasteiger partial charge in [-0.2, -0.15) is 0 Å². The maximum Gasteiger partial charge on any atom is 0.306 e. The van der Waals surface area contributed by atoms with Gasteiger partial charge in [0, 0.05) is 12.8 Å². The van der Waals surface area contributed by atoms with Gasteiger partial charge in [-0.15, -0.1) is 0 Å². The average molecular weight is 789 g/mol. The van der Waals surface area contributed by atoms with Gasteiger partial charge in [-0.25, -0.2) is 0 Å². The maximum absolute atomic E-state index is 12.0. The number of aliphatic hydroxyl groups is 5. The summed E-state index contributed by atoms with van der Waals surface area (Å²) in [7, 11) is 0. The second-order valence-corrected chi connectivity index (χ2v) is 16.0. The molecule has 10 heteroatoms. The maximum atomic E-state index is 12.0. The van der Waals surface area contributed by atoms with E-state index < -0.39 is 37.1 Å². The van der Waals surface area contributed by atoms with Crippen molar-refractivity contribution in [1.82, 2.24) is 0 Å². The molecule has 0 aromatic rings. The summed E-state index contributed by atoms with van der Waals surface area (Å²) in [6.45, 7) is 3.61. The number of hydrogen-bond donors (Lipinski definition) is 5. The molecule has 1 aliphatic rings. The van der Waals surface area contributed by atoms with Gasteiger partial charge in [0.05, 0.1) is 19.8 Å². The Morgan fingerprint density at radius 1 is 0.545 bits per heavy atom. The molecule has 1 unspecified atom stereocenters. The first-order valence-corrected chi connectivity index (χ1v) is 23.0. The zero-order chi connectivity index (χ0) is 40.6. The summed E-state index contributed by atoms with van der Waals surface area (Å²) in [5.74, 6) is -0.664. The van der Waals surface area contributed by atoms with Gasteiger partial charge in [-0.1, -0.05) is 194 Å². The molecule has 0 bridgehead atoms. The summed E-state index contributed by atoms with van der Waals surface area (Å²) < 4.78 is 15.3. The van der Waals surface area contributed by atoms with Crippen LogP contribution < -0.4 is 0 Å². The molecule has 5 N–H and O–H groups in total. The Kier molecular flexibility index (Phi) is 39.9. The highest BCUT2D eigenvalue weighted by molar-refractivity contribution is 5.69. The third kappa shape index (κ3) is 34.5. The average Bonchev–Trinajstić information content (AvgIpc) is 3.52. The van der Waals surface area contributed by atoms with Gasteiger partial charge in [0.2, 0.25) is 0 Å². The molecule has 0 spiro atoms. The lowest BCUT2D eigenvalue weighted by molar-refractivity contribution is -0.162. The number of ether oxygens (including phenoxy) is 3. The summed E-state index contributed by atoms with van der Waals surface area (Å²) >= 11 is 0. The van der Waals surface area contributed by atoms with Crippen molar-refractivity contribution in [3.05, 3.63) is 0 Å². The minimum Gasteiger partial charge on any atom is -0.463 e. The Morgan fingerprint density at radius 3 is 1.20 bits per heavy atom. The van der Waals surface area contributed by atoms with Crippen molar-refractivity contribution in [3.8, 4) is 0 Å². The first-order chi connectivity index (χ1) is 26.8. The lowest BCUT2D eigenvalue weighted by atomic mass is 10.0. The van der Waals surface area contributed by atoms with Crippen LogP contribution in [-0.2, 0) is 23.8 Å². The molecule has 55 heavy (non-hydrogen) atoms. The normalized spacial score (nSPS) is 17.8. The zero-order valence-corrected chi connectivity index (χ0v) is 35.6. The Hall–Kier alpha value is -1.30. The molecule has 0 radical (unpaired) electrons. The number of esters is 2. The van der Waals surface area contributed by atoms with Crippen molar-refractivity contribution >= 4 is 11.9 Å². The highest BCUT2D eigenvalue weighted by Crippen LogP contribution is 2.21. The van der Waals surface area contributed by atoms with Gasteiger partial charge in [-0.05, 0) is 12.8 Å². The zero-order valence-electron chi connectivity index (χ0n) is 35.6. The number of rotatable bonds is 38. The van der Waals surface area contributed by atoms with Crippen molar-refractivity contribution in [2.24, 2.45) is 0 Å². The van der Waals surface area contributed by atoms with Gasteiger partial charge in [0.15, 0.2) is 6.10 Å². The van der Waals surface area contributed by atoms with E-state index in [0.29, 0.717) is 12.8 Å². The first-order valence-electron chi connectivity index (χ1n) is 23.0. The summed E-state index contributed by atoms with van der Waals surface area (Å²) in [4.78, 5) is 23.3. The molecule has 5 atom stereocenters. The molecule has 1 fully saturated rings. The Bertz CT molecular complexity index is 827. The summed E-state index contributed by atoms with van der Waals surface area (Å²) in [5.41, 5.74) is 0. The van der Waals surface area contributed by atoms with Crippen LogP contribution in [0.5, 0.6) is 0 Å². The summed E-state index contributed by atoms with van der Waals surface area (Å²) in [6.07, 6.45) is 34.5. The number of unbranched alkanes of at least 4 members (excludes halogenated alkanes) is 28. The van der Waals surface area contributed by atoms with Crippen LogP contribution in [0.25, 0.3) is 0 Å². The van der Waals surface area contributed by atoms with Crippen molar-refractivity contribution in [2.75, 3.05) is 26.4 Å². The molecule has 1 aliphatic heterocycles. The molecule has 328 valence electrons. The van der Waals surface area contributed by atoms with Crippen LogP contribution >= 0.6 is 0 Å². The van der Waals surface area contributed by atoms with E-state index in [4.69, 9.17) is 24.4 Å². The molecule has 0 aromatic carbocycles. The quantitative estimate of drug-likeness (QED) is 0.0301. The van der Waals surface area contributed by atoms with E-state index in [1.807, 2.05) is 0 Å². The smallest absolute Gasteiger partial charge is 0.306 e. The van der Waals surface area contributed by atoms with Crippen LogP contribution in [0.4, 0.5) is 0 Å². The lowest BCUT2D eigenvalue weighted by Gasteiger charge is -2.24. The Morgan fingerprint density at radius 2 is 0.891 bits per heavy atom. The monoisotopic (exact) mass is 789 g/mol. The predicted molar refractivity (Wildman–Crippen MR) is 222 cm³/mol. The van der Waals surface area contributed by atoms with Crippen molar-refractivity contribution in [2.45, 2.75) is 250 Å². The molecule has 10 nitrogen and oxygen atoms in total. The van der Waals surface area contributed by atoms with Crippen molar-refractivity contribution < 1.29 is 49.3 Å². The van der Waals surface area contributed by atoms with Gasteiger partial charge in [0.25, 0.3) is 0 Å². The minimum absolute atomic E-state index is 0.0149. The van der Waals surface area contributed by atoms with Gasteiger partial charge < -0.3 is 39.7 Å². The SMILES string of the molecule is CCCCCCCCCCCCCCCCCC(=O)OCC(O)CO.CCCCCCCCCCCCCCCCCC(=O)O[C@H](CO)[C@H]1OC[C@H](O)[C@H]1O. The van der Waals surface area contributed by atoms with E-state index in [0.717, 1.165) is 32.1 Å². The fourth-order valence-corrected chi connectivity index (χ4v) is 6.98. The lowest BCUT2D eigenvalue weighted by Crippen LogP contribution is -2.43. The van der Waals surface area contributed by atoms with Crippen LogP contribution in [0.1, 0.15) is 219 Å². The topological polar surface area (TPSA) is 163 Å². The van der Waals surface area contributed by atoms with Crippen molar-refractivity contribution in [3.63, 3.8) is 0 Å². The number of hydrogen-bond acceptors (Lipinski definition) is 10. The fourth-order valence-electron chi connectivity index (χ4n) is 6.98.